The number of carbonyl (C=O) groups is 2. The number of methoxy groups -OCH3 is 1. The molecule has 1 heterocycles. The van der Waals surface area contributed by atoms with E-state index in [2.05, 4.69) is 30.2 Å². The predicted molar refractivity (Wildman–Crippen MR) is 191 cm³/mol. The van der Waals surface area contributed by atoms with Crippen molar-refractivity contribution in [3.8, 4) is 23.3 Å². The Morgan fingerprint density at radius 2 is 1.86 bits per heavy atom. The Labute approximate surface area is 290 Å². The minimum Gasteiger partial charge on any atom is -0.504 e. The predicted octanol–water partition coefficient (Wildman–Crippen LogP) is 5.54. The molecule has 49 heavy (non-hydrogen) atoms. The van der Waals surface area contributed by atoms with Crippen molar-refractivity contribution in [2.24, 2.45) is 35.3 Å². The van der Waals surface area contributed by atoms with E-state index in [1.807, 2.05) is 36.4 Å². The molecule has 262 valence electrons. The second-order valence-electron chi connectivity index (χ2n) is 14.1. The zero-order valence-electron chi connectivity index (χ0n) is 28.9. The van der Waals surface area contributed by atoms with Gasteiger partial charge in [-0.05, 0) is 103 Å². The number of aryl methyl sites for hydroxylation is 1. The van der Waals surface area contributed by atoms with Crippen LogP contribution in [0.1, 0.15) is 87.3 Å². The summed E-state index contributed by atoms with van der Waals surface area (Å²) in [7, 11) is 1.50. The van der Waals surface area contributed by atoms with Crippen LogP contribution < -0.4 is 15.8 Å². The number of nitrogens with one attached hydrogen (secondary N) is 1. The topological polar surface area (TPSA) is 142 Å². The first-order chi connectivity index (χ1) is 23.7. The molecule has 0 bridgehead atoms. The summed E-state index contributed by atoms with van der Waals surface area (Å²) < 4.78 is 5.44. The highest BCUT2D eigenvalue weighted by molar-refractivity contribution is 6.00. The number of hydrogen-bond acceptors (Lipinski definition) is 8. The van der Waals surface area contributed by atoms with Crippen molar-refractivity contribution in [3.63, 3.8) is 0 Å². The summed E-state index contributed by atoms with van der Waals surface area (Å²) in [5.74, 6) is 6.93. The van der Waals surface area contributed by atoms with E-state index >= 15 is 0 Å². The molecule has 1 aliphatic heterocycles. The van der Waals surface area contributed by atoms with Crippen molar-refractivity contribution in [1.82, 2.24) is 5.32 Å². The van der Waals surface area contributed by atoms with Crippen LogP contribution in [0, 0.1) is 41.4 Å². The van der Waals surface area contributed by atoms with Crippen LogP contribution in [0.15, 0.2) is 66.0 Å². The molecule has 8 nitrogen and oxygen atoms in total. The fraction of sp³-hybridized carbons (Fsp3) is 0.512. The van der Waals surface area contributed by atoms with Gasteiger partial charge in [-0.3, -0.25) is 9.59 Å². The number of phenols is 1. The quantitative estimate of drug-likeness (QED) is 0.164. The maximum absolute atomic E-state index is 14.2. The van der Waals surface area contributed by atoms with Crippen LogP contribution in [-0.4, -0.2) is 53.3 Å². The highest BCUT2D eigenvalue weighted by atomic mass is 16.5. The van der Waals surface area contributed by atoms with Crippen molar-refractivity contribution < 1.29 is 29.6 Å². The Morgan fingerprint density at radius 1 is 1.06 bits per heavy atom. The summed E-state index contributed by atoms with van der Waals surface area (Å²) in [6.07, 6.45) is 8.61. The van der Waals surface area contributed by atoms with Gasteiger partial charge >= 0.3 is 0 Å². The molecule has 0 aromatic heterocycles. The fourth-order valence-electron chi connectivity index (χ4n) is 8.31. The maximum Gasteiger partial charge on any atom is 0.160 e. The normalized spacial score (nSPS) is 25.7. The Kier molecular flexibility index (Phi) is 12.6. The van der Waals surface area contributed by atoms with E-state index in [0.717, 1.165) is 47.9 Å². The molecule has 7 atom stereocenters. The number of ether oxygens (including phenoxy) is 1. The number of fused-ring (bicyclic) bond motifs is 2. The third-order valence-corrected chi connectivity index (χ3v) is 10.7. The molecule has 7 unspecified atom stereocenters. The molecule has 6 N–H and O–H groups in total. The molecule has 0 amide bonds. The second kappa shape index (κ2) is 17.0. The van der Waals surface area contributed by atoms with Crippen LogP contribution in [0.3, 0.4) is 0 Å². The van der Waals surface area contributed by atoms with E-state index in [1.54, 1.807) is 12.1 Å². The van der Waals surface area contributed by atoms with E-state index in [9.17, 15) is 24.9 Å². The van der Waals surface area contributed by atoms with Gasteiger partial charge in [0.05, 0.1) is 31.4 Å². The maximum atomic E-state index is 14.2. The zero-order chi connectivity index (χ0) is 34.9. The van der Waals surface area contributed by atoms with Gasteiger partial charge in [0.25, 0.3) is 0 Å². The first-order valence-corrected chi connectivity index (χ1v) is 17.9. The van der Waals surface area contributed by atoms with Gasteiger partial charge in [0, 0.05) is 31.4 Å². The number of phenolic OH excluding ortho intramolecular Hbond substituents is 1. The Bertz CT molecular complexity index is 1590. The van der Waals surface area contributed by atoms with Gasteiger partial charge in [0.1, 0.15) is 11.6 Å². The molecule has 1 saturated carbocycles. The summed E-state index contributed by atoms with van der Waals surface area (Å²) in [4.78, 5) is 27.7. The highest BCUT2D eigenvalue weighted by Crippen LogP contribution is 2.45. The van der Waals surface area contributed by atoms with Crippen LogP contribution in [0.25, 0.3) is 0 Å². The Morgan fingerprint density at radius 3 is 2.57 bits per heavy atom. The Hall–Kier alpha value is -4.06. The lowest BCUT2D eigenvalue weighted by Crippen LogP contribution is -2.33. The standard InChI is InChI=1S/C41H52N2O6/c1-3-7-34(37(46)15-17-44)31-20-27(18-26-14-16-43-41(42)21-26)19-29-11-13-33(28-8-5-4-6-9-28)35-25-39(48)40(49-2)23-30(35)10-12-32(45)24-38(47)36(29)22-31/h4-6,8-9,14,21,23,25,27,29,31,33-34,36-37,43-44,46,48H,3,7,10,12,15-20,22,24,42H2,1-2H3. The summed E-state index contributed by atoms with van der Waals surface area (Å²) in [5.41, 5.74) is 9.94. The minimum atomic E-state index is -0.682. The lowest BCUT2D eigenvalue weighted by atomic mass is 9.73. The van der Waals surface area contributed by atoms with Crippen molar-refractivity contribution in [3.05, 3.63) is 82.7 Å². The molecular weight excluding hydrogens is 616 g/mol. The Balaban J connectivity index is 1.63. The van der Waals surface area contributed by atoms with Crippen LogP contribution in [0.4, 0.5) is 0 Å². The number of hydrogen-bond donors (Lipinski definition) is 5. The van der Waals surface area contributed by atoms with E-state index in [1.165, 1.54) is 7.11 Å². The average Bonchev–Trinajstić information content (AvgIpc) is 3.26. The fourth-order valence-corrected chi connectivity index (χ4v) is 8.31. The van der Waals surface area contributed by atoms with Crippen molar-refractivity contribution in [1.29, 1.82) is 0 Å². The molecule has 2 aromatic carbocycles. The molecule has 2 aromatic rings. The van der Waals surface area contributed by atoms with Gasteiger partial charge in [0.2, 0.25) is 0 Å². The summed E-state index contributed by atoms with van der Waals surface area (Å²) >= 11 is 0. The number of aliphatic hydroxyl groups is 2. The van der Waals surface area contributed by atoms with Crippen LogP contribution in [-0.2, 0) is 16.0 Å². The number of aliphatic hydroxyl groups excluding tert-OH is 2. The van der Waals surface area contributed by atoms with Crippen molar-refractivity contribution >= 4 is 11.6 Å². The number of aromatic hydroxyl groups is 1. The number of rotatable bonds is 10. The van der Waals surface area contributed by atoms with Crippen LogP contribution in [0.2, 0.25) is 0 Å². The van der Waals surface area contributed by atoms with Gasteiger partial charge in [-0.15, -0.1) is 0 Å². The number of allylic oxidation sites excluding steroid dienone is 2. The molecule has 2 aliphatic carbocycles. The smallest absolute Gasteiger partial charge is 0.160 e. The SMILES string of the molecule is CCCC(C(O)CCO)C1CC(CC2=CCNC(N)=C2)CC2C#CC(c3ccccc3)c3cc(O)c(OC)cc3CCC(=O)CC(=O)C2C1. The first kappa shape index (κ1) is 36.2. The molecule has 3 aliphatic rings. The van der Waals surface area contributed by atoms with E-state index in [4.69, 9.17) is 10.5 Å². The number of nitrogens with two attached hydrogens (primary N) is 1. The molecule has 8 heteroatoms. The molecule has 0 spiro atoms. The van der Waals surface area contributed by atoms with E-state index in [-0.39, 0.29) is 66.9 Å². The number of Topliss-reactive ketones (excluding diaryl/α,β-unsaturated/α-hetero) is 2. The highest BCUT2D eigenvalue weighted by Gasteiger charge is 2.41. The third-order valence-electron chi connectivity index (χ3n) is 10.7. The summed E-state index contributed by atoms with van der Waals surface area (Å²) in [6.45, 7) is 2.66. The van der Waals surface area contributed by atoms with E-state index in [0.29, 0.717) is 37.4 Å². The molecule has 0 radical (unpaired) electrons. The monoisotopic (exact) mass is 668 g/mol. The largest absolute Gasteiger partial charge is 0.504 e. The van der Waals surface area contributed by atoms with Gasteiger partial charge in [0.15, 0.2) is 11.5 Å². The minimum absolute atomic E-state index is 0.0128. The summed E-state index contributed by atoms with van der Waals surface area (Å²) in [5, 5.41) is 35.1. The lowest BCUT2D eigenvalue weighted by molar-refractivity contribution is -0.130. The molecule has 5 rings (SSSR count). The van der Waals surface area contributed by atoms with Crippen LogP contribution in [0.5, 0.6) is 11.5 Å². The van der Waals surface area contributed by atoms with E-state index < -0.39 is 17.9 Å². The molecular formula is C41H52N2O6. The zero-order valence-corrected chi connectivity index (χ0v) is 28.9. The first-order valence-electron chi connectivity index (χ1n) is 17.9. The summed E-state index contributed by atoms with van der Waals surface area (Å²) in [6, 6.07) is 13.4. The van der Waals surface area contributed by atoms with Gasteiger partial charge in [-0.25, -0.2) is 0 Å². The number of ketones is 2. The molecule has 1 fully saturated rings. The number of carbonyl (C=O) groups excluding carboxylic acids is 2. The van der Waals surface area contributed by atoms with Crippen molar-refractivity contribution in [2.75, 3.05) is 20.3 Å². The average molecular weight is 669 g/mol. The second-order valence-corrected chi connectivity index (χ2v) is 14.1. The van der Waals surface area contributed by atoms with Crippen LogP contribution >= 0.6 is 0 Å². The van der Waals surface area contributed by atoms with Gasteiger partial charge in [-0.2, -0.15) is 0 Å². The van der Waals surface area contributed by atoms with Gasteiger partial charge in [-0.1, -0.05) is 61.6 Å². The van der Waals surface area contributed by atoms with Gasteiger partial charge < -0.3 is 31.1 Å². The lowest BCUT2D eigenvalue weighted by Gasteiger charge is -2.33. The third kappa shape index (κ3) is 9.14. The number of benzene rings is 2. The molecule has 0 saturated heterocycles. The number of dihydropyridines is 1. The van der Waals surface area contributed by atoms with Crippen molar-refractivity contribution in [2.45, 2.75) is 83.2 Å².